The van der Waals surface area contributed by atoms with Gasteiger partial charge < -0.3 is 15.8 Å². The lowest BCUT2D eigenvalue weighted by molar-refractivity contribution is 0.0151. The Balaban J connectivity index is 2.10. The summed E-state index contributed by atoms with van der Waals surface area (Å²) in [7, 11) is 1.78. The third kappa shape index (κ3) is 4.96. The molecule has 0 saturated heterocycles. The van der Waals surface area contributed by atoms with Crippen LogP contribution in [0.3, 0.4) is 0 Å². The molecular formula is C12H26N2O. The lowest BCUT2D eigenvalue weighted by atomic mass is 9.91. The third-order valence-corrected chi connectivity index (χ3v) is 3.48. The van der Waals surface area contributed by atoms with Crippen molar-refractivity contribution >= 4 is 0 Å². The second kappa shape index (κ2) is 5.83. The highest BCUT2D eigenvalue weighted by molar-refractivity contribution is 4.79. The van der Waals surface area contributed by atoms with Gasteiger partial charge in [-0.2, -0.15) is 0 Å². The van der Waals surface area contributed by atoms with Crippen LogP contribution < -0.4 is 11.1 Å². The van der Waals surface area contributed by atoms with Gasteiger partial charge in [0, 0.05) is 19.2 Å². The molecule has 0 aromatic heterocycles. The van der Waals surface area contributed by atoms with Crippen molar-refractivity contribution in [2.45, 2.75) is 63.6 Å². The first-order valence-electron chi connectivity index (χ1n) is 6.07. The first kappa shape index (κ1) is 12.9. The van der Waals surface area contributed by atoms with Crippen molar-refractivity contribution in [2.24, 2.45) is 5.73 Å². The van der Waals surface area contributed by atoms with Gasteiger partial charge in [-0.25, -0.2) is 0 Å². The summed E-state index contributed by atoms with van der Waals surface area (Å²) in [6.07, 6.45) is 5.87. The van der Waals surface area contributed by atoms with Crippen LogP contribution in [0.1, 0.15) is 46.0 Å². The van der Waals surface area contributed by atoms with Crippen LogP contribution in [-0.2, 0) is 4.74 Å². The summed E-state index contributed by atoms with van der Waals surface area (Å²) in [6.45, 7) is 5.30. The molecule has 1 aliphatic carbocycles. The van der Waals surface area contributed by atoms with E-state index < -0.39 is 0 Å². The molecule has 3 N–H and O–H groups in total. The van der Waals surface area contributed by atoms with E-state index in [-0.39, 0.29) is 5.60 Å². The van der Waals surface area contributed by atoms with E-state index in [9.17, 15) is 0 Å². The molecule has 90 valence electrons. The predicted octanol–water partition coefficient (Wildman–Crippen LogP) is 1.66. The zero-order valence-corrected chi connectivity index (χ0v) is 10.4. The molecule has 0 heterocycles. The minimum Gasteiger partial charge on any atom is -0.379 e. The second-order valence-corrected chi connectivity index (χ2v) is 5.28. The molecular weight excluding hydrogens is 188 g/mol. The highest BCUT2D eigenvalue weighted by Crippen LogP contribution is 2.18. The van der Waals surface area contributed by atoms with Gasteiger partial charge in [0.15, 0.2) is 0 Å². The number of hydrogen-bond acceptors (Lipinski definition) is 3. The zero-order chi connectivity index (χ0) is 11.3. The van der Waals surface area contributed by atoms with Gasteiger partial charge in [0.05, 0.1) is 5.60 Å². The van der Waals surface area contributed by atoms with E-state index in [1.807, 2.05) is 0 Å². The van der Waals surface area contributed by atoms with Crippen LogP contribution in [0.4, 0.5) is 0 Å². The highest BCUT2D eigenvalue weighted by Gasteiger charge is 2.20. The third-order valence-electron chi connectivity index (χ3n) is 3.48. The quantitative estimate of drug-likeness (QED) is 0.731. The predicted molar refractivity (Wildman–Crippen MR) is 63.9 cm³/mol. The lowest BCUT2D eigenvalue weighted by Crippen LogP contribution is -2.39. The Morgan fingerprint density at radius 3 is 2.40 bits per heavy atom. The molecule has 0 bridgehead atoms. The molecule has 3 heteroatoms. The lowest BCUT2D eigenvalue weighted by Gasteiger charge is -2.29. The van der Waals surface area contributed by atoms with Crippen molar-refractivity contribution in [2.75, 3.05) is 13.7 Å². The molecule has 0 aromatic carbocycles. The van der Waals surface area contributed by atoms with Crippen LogP contribution in [0.15, 0.2) is 0 Å². The fourth-order valence-corrected chi connectivity index (χ4v) is 2.00. The first-order chi connectivity index (χ1) is 7.03. The maximum Gasteiger partial charge on any atom is 0.0634 e. The fourth-order valence-electron chi connectivity index (χ4n) is 2.00. The molecule has 1 fully saturated rings. The van der Waals surface area contributed by atoms with E-state index in [4.69, 9.17) is 10.5 Å². The number of ether oxygens (including phenoxy) is 1. The van der Waals surface area contributed by atoms with E-state index in [1.54, 1.807) is 7.11 Å². The van der Waals surface area contributed by atoms with Crippen LogP contribution in [0, 0.1) is 0 Å². The van der Waals surface area contributed by atoms with Gasteiger partial charge in [0.2, 0.25) is 0 Å². The Bertz CT molecular complexity index is 174. The first-order valence-corrected chi connectivity index (χ1v) is 6.07. The van der Waals surface area contributed by atoms with Gasteiger partial charge in [0.25, 0.3) is 0 Å². The van der Waals surface area contributed by atoms with Crippen molar-refractivity contribution in [3.05, 3.63) is 0 Å². The molecule has 0 amide bonds. The Labute approximate surface area is 93.8 Å². The van der Waals surface area contributed by atoms with Gasteiger partial charge in [-0.3, -0.25) is 0 Å². The topological polar surface area (TPSA) is 47.3 Å². The van der Waals surface area contributed by atoms with Crippen LogP contribution in [-0.4, -0.2) is 31.3 Å². The molecule has 1 aliphatic rings. The molecule has 1 rings (SSSR count). The number of nitrogens with two attached hydrogens (primary N) is 1. The van der Waals surface area contributed by atoms with Crippen molar-refractivity contribution < 1.29 is 4.74 Å². The molecule has 0 radical (unpaired) electrons. The summed E-state index contributed by atoms with van der Waals surface area (Å²) < 4.78 is 5.38. The summed E-state index contributed by atoms with van der Waals surface area (Å²) in [5, 5.41) is 3.60. The Morgan fingerprint density at radius 2 is 1.87 bits per heavy atom. The maximum absolute atomic E-state index is 5.87. The highest BCUT2D eigenvalue weighted by atomic mass is 16.5. The summed E-state index contributed by atoms with van der Waals surface area (Å²) in [6, 6.07) is 1.12. The van der Waals surface area contributed by atoms with Gasteiger partial charge in [-0.05, 0) is 52.5 Å². The van der Waals surface area contributed by atoms with Gasteiger partial charge in [-0.15, -0.1) is 0 Å². The van der Waals surface area contributed by atoms with E-state index in [0.717, 1.165) is 13.0 Å². The summed E-state index contributed by atoms with van der Waals surface area (Å²) in [5.41, 5.74) is 5.87. The van der Waals surface area contributed by atoms with E-state index >= 15 is 0 Å². The zero-order valence-electron chi connectivity index (χ0n) is 10.4. The number of hydrogen-bond donors (Lipinski definition) is 2. The number of nitrogens with one attached hydrogen (secondary N) is 1. The molecule has 15 heavy (non-hydrogen) atoms. The molecule has 0 spiro atoms. The Kier molecular flexibility index (Phi) is 5.03. The summed E-state index contributed by atoms with van der Waals surface area (Å²) in [5.74, 6) is 0. The number of rotatable bonds is 5. The van der Waals surface area contributed by atoms with Crippen LogP contribution in [0.5, 0.6) is 0 Å². The average Bonchev–Trinajstić information content (AvgIpc) is 2.21. The van der Waals surface area contributed by atoms with Gasteiger partial charge in [0.1, 0.15) is 0 Å². The van der Waals surface area contributed by atoms with Gasteiger partial charge >= 0.3 is 0 Å². The monoisotopic (exact) mass is 214 g/mol. The van der Waals surface area contributed by atoms with E-state index in [0.29, 0.717) is 12.1 Å². The van der Waals surface area contributed by atoms with E-state index in [2.05, 4.69) is 19.2 Å². The average molecular weight is 214 g/mol. The van der Waals surface area contributed by atoms with Crippen molar-refractivity contribution in [1.82, 2.24) is 5.32 Å². The van der Waals surface area contributed by atoms with Crippen molar-refractivity contribution in [3.8, 4) is 0 Å². The molecule has 0 aromatic rings. The van der Waals surface area contributed by atoms with Crippen molar-refractivity contribution in [3.63, 3.8) is 0 Å². The van der Waals surface area contributed by atoms with Crippen LogP contribution in [0.2, 0.25) is 0 Å². The number of methoxy groups -OCH3 is 1. The Morgan fingerprint density at radius 1 is 1.27 bits per heavy atom. The normalized spacial score (nSPS) is 28.0. The van der Waals surface area contributed by atoms with Crippen LogP contribution >= 0.6 is 0 Å². The van der Waals surface area contributed by atoms with Crippen molar-refractivity contribution in [1.29, 1.82) is 0 Å². The van der Waals surface area contributed by atoms with Gasteiger partial charge in [-0.1, -0.05) is 0 Å². The maximum atomic E-state index is 5.87. The second-order valence-electron chi connectivity index (χ2n) is 5.28. The minimum atomic E-state index is -0.00192. The van der Waals surface area contributed by atoms with E-state index in [1.165, 1.54) is 25.7 Å². The molecule has 1 saturated carbocycles. The SMILES string of the molecule is COC(C)(C)CCNC1CCC(N)CC1. The standard InChI is InChI=1S/C12H26N2O/c1-12(2,15-3)8-9-14-11-6-4-10(13)5-7-11/h10-11,14H,4-9,13H2,1-3H3. The van der Waals surface area contributed by atoms with Crippen LogP contribution in [0.25, 0.3) is 0 Å². The molecule has 0 atom stereocenters. The minimum absolute atomic E-state index is 0.00192. The Hall–Kier alpha value is -0.120. The summed E-state index contributed by atoms with van der Waals surface area (Å²) in [4.78, 5) is 0. The molecule has 0 unspecified atom stereocenters. The molecule has 0 aliphatic heterocycles. The summed E-state index contributed by atoms with van der Waals surface area (Å²) >= 11 is 0. The smallest absolute Gasteiger partial charge is 0.0634 e. The largest absolute Gasteiger partial charge is 0.379 e. The fraction of sp³-hybridized carbons (Fsp3) is 1.00. The molecule has 3 nitrogen and oxygen atoms in total.